The van der Waals surface area contributed by atoms with Gasteiger partial charge in [0.25, 0.3) is 0 Å². The van der Waals surface area contributed by atoms with Crippen LogP contribution in [0, 0.1) is 0 Å². The number of nitrogens with zero attached hydrogens (tertiary/aromatic N) is 2. The minimum absolute atomic E-state index is 0.267. The quantitative estimate of drug-likeness (QED) is 0.705. The lowest BCUT2D eigenvalue weighted by Gasteiger charge is -2.39. The molecule has 16 heavy (non-hydrogen) atoms. The minimum atomic E-state index is -0.411. The Balaban J connectivity index is 2.09. The predicted octanol–water partition coefficient (Wildman–Crippen LogP) is 0.703. The number of hydrogen-bond donors (Lipinski definition) is 0. The molecule has 0 radical (unpaired) electrons. The van der Waals surface area contributed by atoms with Crippen molar-refractivity contribution in [3.8, 4) is 0 Å². The Kier molecular flexibility index (Phi) is 3.05. The molecule has 1 aliphatic heterocycles. The van der Waals surface area contributed by atoms with E-state index in [0.29, 0.717) is 5.69 Å². The van der Waals surface area contributed by atoms with Crippen molar-refractivity contribution in [3.05, 3.63) is 23.9 Å². The molecule has 86 valence electrons. The van der Waals surface area contributed by atoms with Crippen molar-refractivity contribution in [1.82, 2.24) is 4.98 Å². The predicted molar refractivity (Wildman–Crippen MR) is 58.6 cm³/mol. The molecule has 0 aromatic carbocycles. The number of hydrogen-bond acceptors (Lipinski definition) is 5. The lowest BCUT2D eigenvalue weighted by molar-refractivity contribution is 0.0593. The molecule has 2 rings (SSSR count). The van der Waals surface area contributed by atoms with E-state index < -0.39 is 5.97 Å². The van der Waals surface area contributed by atoms with Crippen molar-refractivity contribution in [2.24, 2.45) is 0 Å². The van der Waals surface area contributed by atoms with Crippen LogP contribution >= 0.6 is 0 Å². The number of anilines is 1. The van der Waals surface area contributed by atoms with Crippen LogP contribution < -0.4 is 4.90 Å². The molecule has 0 unspecified atom stereocenters. The van der Waals surface area contributed by atoms with Crippen LogP contribution in [-0.2, 0) is 9.47 Å². The fourth-order valence-corrected chi connectivity index (χ4v) is 1.59. The topological polar surface area (TPSA) is 51.7 Å². The van der Waals surface area contributed by atoms with Gasteiger partial charge in [-0.05, 0) is 12.1 Å². The Morgan fingerprint density at radius 2 is 2.19 bits per heavy atom. The van der Waals surface area contributed by atoms with Gasteiger partial charge in [-0.1, -0.05) is 6.07 Å². The van der Waals surface area contributed by atoms with Gasteiger partial charge in [0.05, 0.1) is 13.2 Å². The molecular formula is C11H14N2O3. The first-order valence-corrected chi connectivity index (χ1v) is 5.07. The summed E-state index contributed by atoms with van der Waals surface area (Å²) in [6.45, 7) is 1.63. The Bertz CT molecular complexity index is 389. The standard InChI is InChI=1S/C11H14N2O3/c1-15-8-6-13(7-8)10-5-3-4-9(12-10)11(14)16-2/h3-5,8H,6-7H2,1-2H3. The number of esters is 1. The van der Waals surface area contributed by atoms with Crippen LogP contribution in [0.2, 0.25) is 0 Å². The normalized spacial score (nSPS) is 15.8. The zero-order valence-corrected chi connectivity index (χ0v) is 9.34. The van der Waals surface area contributed by atoms with E-state index in [4.69, 9.17) is 4.74 Å². The van der Waals surface area contributed by atoms with Gasteiger partial charge in [0.15, 0.2) is 5.69 Å². The molecule has 0 N–H and O–H groups in total. The number of aromatic nitrogens is 1. The number of carbonyl (C=O) groups is 1. The van der Waals surface area contributed by atoms with Crippen molar-refractivity contribution in [2.45, 2.75) is 6.10 Å². The number of rotatable bonds is 3. The van der Waals surface area contributed by atoms with Gasteiger partial charge in [0.1, 0.15) is 5.82 Å². The van der Waals surface area contributed by atoms with Gasteiger partial charge in [0.2, 0.25) is 0 Å². The zero-order valence-electron chi connectivity index (χ0n) is 9.34. The third-order valence-corrected chi connectivity index (χ3v) is 2.63. The van der Waals surface area contributed by atoms with Gasteiger partial charge in [0, 0.05) is 20.2 Å². The summed E-state index contributed by atoms with van der Waals surface area (Å²) in [7, 11) is 3.04. The Morgan fingerprint density at radius 3 is 2.81 bits per heavy atom. The SMILES string of the molecule is COC(=O)c1cccc(N2CC(OC)C2)n1. The molecule has 0 aliphatic carbocycles. The maximum Gasteiger partial charge on any atom is 0.356 e. The van der Waals surface area contributed by atoms with E-state index in [2.05, 4.69) is 14.6 Å². The largest absolute Gasteiger partial charge is 0.464 e. The summed E-state index contributed by atoms with van der Waals surface area (Å²) < 4.78 is 9.80. The second-order valence-electron chi connectivity index (χ2n) is 3.64. The molecule has 0 saturated carbocycles. The second kappa shape index (κ2) is 4.49. The molecule has 5 nitrogen and oxygen atoms in total. The third kappa shape index (κ3) is 1.99. The Hall–Kier alpha value is -1.62. The molecule has 0 atom stereocenters. The Morgan fingerprint density at radius 1 is 1.44 bits per heavy atom. The van der Waals surface area contributed by atoms with Crippen molar-refractivity contribution in [1.29, 1.82) is 0 Å². The molecule has 1 saturated heterocycles. The first kappa shape index (κ1) is 10.9. The fourth-order valence-electron chi connectivity index (χ4n) is 1.59. The van der Waals surface area contributed by atoms with Crippen molar-refractivity contribution in [3.63, 3.8) is 0 Å². The van der Waals surface area contributed by atoms with Crippen LogP contribution in [0.25, 0.3) is 0 Å². The van der Waals surface area contributed by atoms with E-state index in [1.807, 2.05) is 6.07 Å². The average Bonchev–Trinajstić information content (AvgIpc) is 2.27. The van der Waals surface area contributed by atoms with E-state index in [0.717, 1.165) is 18.9 Å². The molecule has 1 aromatic heterocycles. The maximum absolute atomic E-state index is 11.3. The highest BCUT2D eigenvalue weighted by Crippen LogP contribution is 2.20. The molecule has 0 amide bonds. The highest BCUT2D eigenvalue weighted by atomic mass is 16.5. The fraction of sp³-hybridized carbons (Fsp3) is 0.455. The van der Waals surface area contributed by atoms with E-state index in [1.54, 1.807) is 19.2 Å². The highest BCUT2D eigenvalue weighted by Gasteiger charge is 2.27. The molecular weight excluding hydrogens is 208 g/mol. The lowest BCUT2D eigenvalue weighted by Crippen LogP contribution is -2.52. The molecule has 0 spiro atoms. The summed E-state index contributed by atoms with van der Waals surface area (Å²) >= 11 is 0. The van der Waals surface area contributed by atoms with E-state index in [1.165, 1.54) is 7.11 Å². The average molecular weight is 222 g/mol. The summed E-state index contributed by atoms with van der Waals surface area (Å²) in [6, 6.07) is 5.32. The highest BCUT2D eigenvalue weighted by molar-refractivity contribution is 5.87. The minimum Gasteiger partial charge on any atom is -0.464 e. The number of ether oxygens (including phenoxy) is 2. The van der Waals surface area contributed by atoms with Crippen molar-refractivity contribution < 1.29 is 14.3 Å². The van der Waals surface area contributed by atoms with Gasteiger partial charge >= 0.3 is 5.97 Å². The molecule has 1 fully saturated rings. The van der Waals surface area contributed by atoms with Crippen LogP contribution in [0.4, 0.5) is 5.82 Å². The number of pyridine rings is 1. The zero-order chi connectivity index (χ0) is 11.5. The molecule has 2 heterocycles. The summed E-state index contributed by atoms with van der Waals surface area (Å²) in [5.41, 5.74) is 0.334. The first-order valence-electron chi connectivity index (χ1n) is 5.07. The summed E-state index contributed by atoms with van der Waals surface area (Å²) in [5, 5.41) is 0. The van der Waals surface area contributed by atoms with Crippen LogP contribution in [0.15, 0.2) is 18.2 Å². The van der Waals surface area contributed by atoms with Gasteiger partial charge in [-0.3, -0.25) is 0 Å². The van der Waals surface area contributed by atoms with Crippen LogP contribution in [-0.4, -0.2) is 44.4 Å². The Labute approximate surface area is 94.0 Å². The third-order valence-electron chi connectivity index (χ3n) is 2.63. The number of carbonyl (C=O) groups excluding carboxylic acids is 1. The van der Waals surface area contributed by atoms with E-state index in [-0.39, 0.29) is 6.10 Å². The molecule has 0 bridgehead atoms. The molecule has 5 heteroatoms. The van der Waals surface area contributed by atoms with Gasteiger partial charge < -0.3 is 14.4 Å². The van der Waals surface area contributed by atoms with Gasteiger partial charge in [-0.25, -0.2) is 9.78 Å². The van der Waals surface area contributed by atoms with Crippen LogP contribution in [0.5, 0.6) is 0 Å². The van der Waals surface area contributed by atoms with Gasteiger partial charge in [-0.15, -0.1) is 0 Å². The smallest absolute Gasteiger partial charge is 0.356 e. The number of methoxy groups -OCH3 is 2. The van der Waals surface area contributed by atoms with Crippen molar-refractivity contribution in [2.75, 3.05) is 32.2 Å². The van der Waals surface area contributed by atoms with Crippen LogP contribution in [0.1, 0.15) is 10.5 Å². The van der Waals surface area contributed by atoms with Crippen molar-refractivity contribution >= 4 is 11.8 Å². The summed E-state index contributed by atoms with van der Waals surface area (Å²) in [6.07, 6.45) is 0.267. The molecule has 1 aliphatic rings. The van der Waals surface area contributed by atoms with E-state index >= 15 is 0 Å². The van der Waals surface area contributed by atoms with Crippen LogP contribution in [0.3, 0.4) is 0 Å². The maximum atomic E-state index is 11.3. The first-order chi connectivity index (χ1) is 7.74. The summed E-state index contributed by atoms with van der Waals surface area (Å²) in [5.74, 6) is 0.377. The monoisotopic (exact) mass is 222 g/mol. The van der Waals surface area contributed by atoms with Gasteiger partial charge in [-0.2, -0.15) is 0 Å². The second-order valence-corrected chi connectivity index (χ2v) is 3.64. The lowest BCUT2D eigenvalue weighted by atomic mass is 10.1. The summed E-state index contributed by atoms with van der Waals surface area (Å²) in [4.78, 5) is 17.6. The molecule has 1 aromatic rings. The van der Waals surface area contributed by atoms with E-state index in [9.17, 15) is 4.79 Å².